The summed E-state index contributed by atoms with van der Waals surface area (Å²) in [6.45, 7) is 4.05. The minimum Gasteiger partial charge on any atom is -0.308 e. The standard InChI is InChI=1S/C13H14Cl2N4S/c1-7(2)13-17-11(19-16)6-12(18-13)20-10-5-8(14)3-4-9(10)15/h3-7H,16H2,1-2H3,(H,17,18,19). The largest absolute Gasteiger partial charge is 0.308 e. The molecule has 106 valence electrons. The van der Waals surface area contributed by atoms with Gasteiger partial charge in [-0.2, -0.15) is 0 Å². The van der Waals surface area contributed by atoms with E-state index in [-0.39, 0.29) is 5.92 Å². The molecule has 4 nitrogen and oxygen atoms in total. The Morgan fingerprint density at radius 2 is 1.95 bits per heavy atom. The average Bonchev–Trinajstić information content (AvgIpc) is 2.42. The molecule has 0 saturated carbocycles. The van der Waals surface area contributed by atoms with Gasteiger partial charge in [-0.1, -0.05) is 48.8 Å². The first-order chi connectivity index (χ1) is 9.49. The fourth-order valence-corrected chi connectivity index (χ4v) is 2.85. The molecule has 0 aliphatic heterocycles. The van der Waals surface area contributed by atoms with E-state index in [1.54, 1.807) is 24.3 Å². The Morgan fingerprint density at radius 1 is 1.20 bits per heavy atom. The molecule has 7 heteroatoms. The summed E-state index contributed by atoms with van der Waals surface area (Å²) in [5.41, 5.74) is 2.55. The van der Waals surface area contributed by atoms with Crippen LogP contribution in [0.15, 0.2) is 34.2 Å². The first-order valence-electron chi connectivity index (χ1n) is 5.98. The smallest absolute Gasteiger partial charge is 0.144 e. The lowest BCUT2D eigenvalue weighted by atomic mass is 10.2. The number of hydrogen-bond donors (Lipinski definition) is 2. The molecule has 0 amide bonds. The molecule has 2 aromatic rings. The van der Waals surface area contributed by atoms with Gasteiger partial charge in [0.15, 0.2) is 0 Å². The lowest BCUT2D eigenvalue weighted by molar-refractivity contribution is 0.754. The zero-order valence-electron chi connectivity index (χ0n) is 11.0. The number of aromatic nitrogens is 2. The summed E-state index contributed by atoms with van der Waals surface area (Å²) in [6.07, 6.45) is 0. The van der Waals surface area contributed by atoms with E-state index in [1.807, 2.05) is 13.8 Å². The van der Waals surface area contributed by atoms with Crippen LogP contribution in [0.2, 0.25) is 10.0 Å². The number of rotatable bonds is 4. The second-order valence-corrected chi connectivity index (χ2v) is 6.33. The monoisotopic (exact) mass is 328 g/mol. The molecule has 2 rings (SSSR count). The summed E-state index contributed by atoms with van der Waals surface area (Å²) in [6, 6.07) is 7.09. The highest BCUT2D eigenvalue weighted by atomic mass is 35.5. The summed E-state index contributed by atoms with van der Waals surface area (Å²) in [5.74, 6) is 6.94. The molecule has 0 saturated heterocycles. The number of benzene rings is 1. The minimum absolute atomic E-state index is 0.206. The highest BCUT2D eigenvalue weighted by molar-refractivity contribution is 7.99. The number of nitrogens with two attached hydrogens (primary N) is 1. The van der Waals surface area contributed by atoms with E-state index in [4.69, 9.17) is 29.0 Å². The van der Waals surface area contributed by atoms with E-state index in [0.717, 1.165) is 15.7 Å². The molecule has 0 aliphatic rings. The van der Waals surface area contributed by atoms with Gasteiger partial charge >= 0.3 is 0 Å². The molecule has 0 unspecified atom stereocenters. The first-order valence-corrected chi connectivity index (χ1v) is 7.55. The van der Waals surface area contributed by atoms with Crippen LogP contribution in [0, 0.1) is 0 Å². The van der Waals surface area contributed by atoms with Crippen LogP contribution < -0.4 is 11.3 Å². The highest BCUT2D eigenvalue weighted by Gasteiger charge is 2.10. The summed E-state index contributed by atoms with van der Waals surface area (Å²) in [5, 5.41) is 2.03. The van der Waals surface area contributed by atoms with Crippen molar-refractivity contribution in [2.24, 2.45) is 5.84 Å². The van der Waals surface area contributed by atoms with Crippen LogP contribution in [-0.4, -0.2) is 9.97 Å². The number of halogens is 2. The van der Waals surface area contributed by atoms with Gasteiger partial charge < -0.3 is 5.43 Å². The van der Waals surface area contributed by atoms with Crippen LogP contribution in [0.1, 0.15) is 25.6 Å². The predicted octanol–water partition coefficient (Wildman–Crippen LogP) is 4.34. The summed E-state index contributed by atoms with van der Waals surface area (Å²) in [7, 11) is 0. The molecular weight excluding hydrogens is 315 g/mol. The van der Waals surface area contributed by atoms with Crippen molar-refractivity contribution < 1.29 is 0 Å². The molecule has 1 aromatic carbocycles. The number of hydrazine groups is 1. The van der Waals surface area contributed by atoms with Crippen molar-refractivity contribution in [3.05, 3.63) is 40.1 Å². The predicted molar refractivity (Wildman–Crippen MR) is 84.5 cm³/mol. The molecule has 0 atom stereocenters. The molecule has 0 bridgehead atoms. The van der Waals surface area contributed by atoms with Crippen LogP contribution in [0.5, 0.6) is 0 Å². The lowest BCUT2D eigenvalue weighted by Crippen LogP contribution is -2.11. The van der Waals surface area contributed by atoms with Gasteiger partial charge in [0.25, 0.3) is 0 Å². The summed E-state index contributed by atoms with van der Waals surface area (Å²) < 4.78 is 0. The number of nitrogen functional groups attached to an aromatic ring is 1. The van der Waals surface area contributed by atoms with Crippen molar-refractivity contribution in [3.63, 3.8) is 0 Å². The normalized spacial score (nSPS) is 10.9. The van der Waals surface area contributed by atoms with Crippen LogP contribution in [0.4, 0.5) is 5.82 Å². The van der Waals surface area contributed by atoms with Crippen LogP contribution >= 0.6 is 35.0 Å². The number of anilines is 1. The van der Waals surface area contributed by atoms with E-state index in [9.17, 15) is 0 Å². The van der Waals surface area contributed by atoms with Gasteiger partial charge in [0, 0.05) is 21.9 Å². The number of nitrogens with zero attached hydrogens (tertiary/aromatic N) is 2. The molecule has 1 aromatic heterocycles. The molecule has 20 heavy (non-hydrogen) atoms. The Balaban J connectivity index is 2.37. The number of hydrogen-bond acceptors (Lipinski definition) is 5. The van der Waals surface area contributed by atoms with Gasteiger partial charge in [-0.15, -0.1) is 0 Å². The van der Waals surface area contributed by atoms with Crippen molar-refractivity contribution in [3.8, 4) is 0 Å². The second-order valence-electron chi connectivity index (χ2n) is 4.43. The van der Waals surface area contributed by atoms with Gasteiger partial charge in [-0.05, 0) is 18.2 Å². The Morgan fingerprint density at radius 3 is 2.60 bits per heavy atom. The topological polar surface area (TPSA) is 63.8 Å². The van der Waals surface area contributed by atoms with Gasteiger partial charge in [0.2, 0.25) is 0 Å². The third kappa shape index (κ3) is 3.76. The summed E-state index contributed by atoms with van der Waals surface area (Å²) in [4.78, 5) is 9.66. The number of nitrogens with one attached hydrogen (secondary N) is 1. The Bertz CT molecular complexity index is 619. The highest BCUT2D eigenvalue weighted by Crippen LogP contribution is 2.35. The van der Waals surface area contributed by atoms with E-state index >= 15 is 0 Å². The maximum atomic E-state index is 6.16. The minimum atomic E-state index is 0.206. The van der Waals surface area contributed by atoms with E-state index in [1.165, 1.54) is 11.8 Å². The second kappa shape index (κ2) is 6.63. The molecule has 0 radical (unpaired) electrons. The molecule has 1 heterocycles. The van der Waals surface area contributed by atoms with Gasteiger partial charge in [0.1, 0.15) is 16.7 Å². The summed E-state index contributed by atoms with van der Waals surface area (Å²) >= 11 is 13.6. The molecule has 0 fully saturated rings. The van der Waals surface area contributed by atoms with Gasteiger partial charge in [0.05, 0.1) is 5.02 Å². The van der Waals surface area contributed by atoms with E-state index in [0.29, 0.717) is 15.9 Å². The fourth-order valence-electron chi connectivity index (χ4n) is 1.50. The molecular formula is C13H14Cl2N4S. The zero-order valence-corrected chi connectivity index (χ0v) is 13.4. The van der Waals surface area contributed by atoms with Crippen molar-refractivity contribution in [2.45, 2.75) is 29.7 Å². The van der Waals surface area contributed by atoms with Gasteiger partial charge in [-0.3, -0.25) is 0 Å². The first kappa shape index (κ1) is 15.4. The van der Waals surface area contributed by atoms with Crippen LogP contribution in [0.3, 0.4) is 0 Å². The molecule has 0 aliphatic carbocycles. The maximum absolute atomic E-state index is 6.16. The molecule has 0 spiro atoms. The SMILES string of the molecule is CC(C)c1nc(NN)cc(Sc2cc(Cl)ccc2Cl)n1. The lowest BCUT2D eigenvalue weighted by Gasteiger charge is -2.10. The third-order valence-electron chi connectivity index (χ3n) is 2.49. The van der Waals surface area contributed by atoms with Crippen molar-refractivity contribution in [1.82, 2.24) is 9.97 Å². The van der Waals surface area contributed by atoms with Crippen molar-refractivity contribution in [2.75, 3.05) is 5.43 Å². The van der Waals surface area contributed by atoms with Crippen molar-refractivity contribution >= 4 is 40.8 Å². The van der Waals surface area contributed by atoms with Crippen LogP contribution in [-0.2, 0) is 0 Å². The fraction of sp³-hybridized carbons (Fsp3) is 0.231. The third-order valence-corrected chi connectivity index (χ3v) is 4.14. The van der Waals surface area contributed by atoms with Crippen LogP contribution in [0.25, 0.3) is 0 Å². The van der Waals surface area contributed by atoms with Crippen molar-refractivity contribution in [1.29, 1.82) is 0 Å². The Labute approximate surface area is 132 Å². The quantitative estimate of drug-likeness (QED) is 0.496. The van der Waals surface area contributed by atoms with E-state index in [2.05, 4.69) is 15.4 Å². The maximum Gasteiger partial charge on any atom is 0.144 e. The Kier molecular flexibility index (Phi) is 5.10. The van der Waals surface area contributed by atoms with E-state index < -0.39 is 0 Å². The zero-order chi connectivity index (χ0) is 14.7. The molecule has 3 N–H and O–H groups in total. The average molecular weight is 329 g/mol. The van der Waals surface area contributed by atoms with Gasteiger partial charge in [-0.25, -0.2) is 15.8 Å². The Hall–Kier alpha value is -1.01.